The van der Waals surface area contributed by atoms with Crippen LogP contribution in [-0.2, 0) is 18.2 Å². The molecule has 1 atom stereocenters. The molecule has 0 bridgehead atoms. The van der Waals surface area contributed by atoms with Crippen LogP contribution in [0, 0.1) is 0 Å². The number of carbonyl (C=O) groups is 1. The maximum atomic E-state index is 13.7. The summed E-state index contributed by atoms with van der Waals surface area (Å²) in [7, 11) is 0. The monoisotopic (exact) mass is 460 g/mol. The number of aromatic nitrogens is 3. The molecule has 0 saturated carbocycles. The summed E-state index contributed by atoms with van der Waals surface area (Å²) in [5.74, 6) is -2.26. The highest BCUT2D eigenvalue weighted by Crippen LogP contribution is 2.40. The molecule has 4 heterocycles. The third-order valence-electron chi connectivity index (χ3n) is 5.51. The molecular formula is C22H19F3N4O4. The molecule has 8 nitrogen and oxygen atoms in total. The number of furan rings is 1. The first kappa shape index (κ1) is 21.3. The minimum absolute atomic E-state index is 0.0889. The van der Waals surface area contributed by atoms with Gasteiger partial charge in [0.1, 0.15) is 23.0 Å². The second-order valence-corrected chi connectivity index (χ2v) is 8.36. The molecule has 172 valence electrons. The van der Waals surface area contributed by atoms with E-state index < -0.39 is 41.1 Å². The molecule has 0 aliphatic carbocycles. The summed E-state index contributed by atoms with van der Waals surface area (Å²) >= 11 is 0. The minimum Gasteiger partial charge on any atom is -0.458 e. The van der Waals surface area contributed by atoms with Gasteiger partial charge in [0.05, 0.1) is 12.0 Å². The molecule has 1 aliphatic rings. The second-order valence-electron chi connectivity index (χ2n) is 8.36. The van der Waals surface area contributed by atoms with E-state index in [4.69, 9.17) is 8.83 Å². The Bertz CT molecular complexity index is 1310. The highest BCUT2D eigenvalue weighted by atomic mass is 19.4. The lowest BCUT2D eigenvalue weighted by atomic mass is 9.99. The van der Waals surface area contributed by atoms with Crippen LogP contribution >= 0.6 is 0 Å². The molecule has 1 aliphatic heterocycles. The lowest BCUT2D eigenvalue weighted by Gasteiger charge is -2.33. The number of nitrogens with zero attached hydrogens (tertiary/aromatic N) is 3. The van der Waals surface area contributed by atoms with E-state index in [-0.39, 0.29) is 6.54 Å². The van der Waals surface area contributed by atoms with Crippen molar-refractivity contribution in [1.82, 2.24) is 19.9 Å². The number of para-hydroxylation sites is 1. The first-order chi connectivity index (χ1) is 15.5. The summed E-state index contributed by atoms with van der Waals surface area (Å²) in [6.45, 7) is 2.54. The van der Waals surface area contributed by atoms with Gasteiger partial charge in [-0.3, -0.25) is 4.79 Å². The van der Waals surface area contributed by atoms with Crippen LogP contribution in [0.1, 0.15) is 59.2 Å². The number of benzene rings is 1. The zero-order chi connectivity index (χ0) is 23.5. The van der Waals surface area contributed by atoms with Crippen molar-refractivity contribution in [2.75, 3.05) is 6.54 Å². The molecule has 11 heteroatoms. The van der Waals surface area contributed by atoms with Crippen LogP contribution < -0.4 is 0 Å². The molecule has 5 rings (SSSR count). The predicted octanol–water partition coefficient (Wildman–Crippen LogP) is 4.18. The number of amides is 1. The molecule has 0 fully saturated rings. The first-order valence-corrected chi connectivity index (χ1v) is 10.2. The number of imidazole rings is 1. The minimum atomic E-state index is -4.96. The number of aliphatic hydroxyl groups is 1. The van der Waals surface area contributed by atoms with Crippen molar-refractivity contribution in [2.24, 2.45) is 0 Å². The molecule has 4 aromatic rings. The fraction of sp³-hybridized carbons (Fsp3) is 0.318. The number of hydrogen-bond acceptors (Lipinski definition) is 6. The van der Waals surface area contributed by atoms with Crippen molar-refractivity contribution < 1.29 is 31.9 Å². The summed E-state index contributed by atoms with van der Waals surface area (Å²) in [6.07, 6.45) is -3.14. The number of fused-ring (bicyclic) bond motifs is 2. The number of hydrogen-bond donors (Lipinski definition) is 2. The van der Waals surface area contributed by atoms with Gasteiger partial charge in [0, 0.05) is 24.0 Å². The average Bonchev–Trinajstić information content (AvgIpc) is 3.48. The van der Waals surface area contributed by atoms with E-state index in [0.29, 0.717) is 23.5 Å². The lowest BCUT2D eigenvalue weighted by Crippen LogP contribution is -2.41. The second kappa shape index (κ2) is 7.20. The molecular weight excluding hydrogens is 441 g/mol. The summed E-state index contributed by atoms with van der Waals surface area (Å²) in [4.78, 5) is 25.4. The van der Waals surface area contributed by atoms with E-state index in [9.17, 15) is 23.1 Å². The van der Waals surface area contributed by atoms with Gasteiger partial charge in [-0.15, -0.1) is 0 Å². The van der Waals surface area contributed by atoms with Crippen LogP contribution in [0.25, 0.3) is 11.0 Å². The van der Waals surface area contributed by atoms with Crippen molar-refractivity contribution in [3.8, 4) is 0 Å². The maximum Gasteiger partial charge on any atom is 0.437 e. The van der Waals surface area contributed by atoms with Gasteiger partial charge in [-0.2, -0.15) is 13.2 Å². The van der Waals surface area contributed by atoms with Crippen molar-refractivity contribution >= 4 is 16.9 Å². The van der Waals surface area contributed by atoms with Gasteiger partial charge in [-0.1, -0.05) is 18.2 Å². The van der Waals surface area contributed by atoms with E-state index in [1.165, 1.54) is 25.1 Å². The van der Waals surface area contributed by atoms with E-state index in [2.05, 4.69) is 15.0 Å². The number of H-pyrrole nitrogens is 1. The molecule has 0 radical (unpaired) electrons. The number of carbonyl (C=O) groups excluding carboxylic acids is 1. The summed E-state index contributed by atoms with van der Waals surface area (Å²) in [6, 6.07) is 8.06. The third-order valence-corrected chi connectivity index (χ3v) is 5.51. The summed E-state index contributed by atoms with van der Waals surface area (Å²) in [5, 5.41) is 10.9. The van der Waals surface area contributed by atoms with Crippen LogP contribution in [0.2, 0.25) is 0 Å². The van der Waals surface area contributed by atoms with E-state index >= 15 is 0 Å². The standard InChI is InChI=1S/C22H19F3N4O4/c1-21(2,31)20-28-18(22(23,24)25)17(33-20)19(30)29-8-7-12-15(27-10-26-12)16(29)14-9-11-5-3-4-6-13(11)32-14/h3-6,9-10,16,31H,7-8H2,1-2H3,(H,26,27)/t16-/m1/s1. The largest absolute Gasteiger partial charge is 0.458 e. The van der Waals surface area contributed by atoms with Crippen molar-refractivity contribution in [2.45, 2.75) is 38.1 Å². The Morgan fingerprint density at radius 3 is 2.70 bits per heavy atom. The van der Waals surface area contributed by atoms with Crippen LogP contribution in [0.3, 0.4) is 0 Å². The molecule has 2 N–H and O–H groups in total. The molecule has 33 heavy (non-hydrogen) atoms. The van der Waals surface area contributed by atoms with Gasteiger partial charge in [0.15, 0.2) is 5.69 Å². The Labute approximate surface area is 185 Å². The number of nitrogens with one attached hydrogen (secondary N) is 1. The van der Waals surface area contributed by atoms with Crippen LogP contribution in [0.5, 0.6) is 0 Å². The van der Waals surface area contributed by atoms with Crippen LogP contribution in [-0.4, -0.2) is 37.4 Å². The number of halogens is 3. The Morgan fingerprint density at radius 1 is 1.24 bits per heavy atom. The smallest absolute Gasteiger partial charge is 0.437 e. The van der Waals surface area contributed by atoms with Gasteiger partial charge in [-0.05, 0) is 26.0 Å². The molecule has 1 aromatic carbocycles. The fourth-order valence-electron chi connectivity index (χ4n) is 3.97. The predicted molar refractivity (Wildman–Crippen MR) is 108 cm³/mol. The number of oxazole rings is 1. The fourth-order valence-corrected chi connectivity index (χ4v) is 3.97. The molecule has 0 saturated heterocycles. The van der Waals surface area contributed by atoms with E-state index in [0.717, 1.165) is 11.1 Å². The Morgan fingerprint density at radius 2 is 2.00 bits per heavy atom. The highest BCUT2D eigenvalue weighted by Gasteiger charge is 2.46. The summed E-state index contributed by atoms with van der Waals surface area (Å²) < 4.78 is 52.3. The maximum absolute atomic E-state index is 13.7. The zero-order valence-electron chi connectivity index (χ0n) is 17.6. The molecule has 0 spiro atoms. The topological polar surface area (TPSA) is 108 Å². The average molecular weight is 460 g/mol. The summed E-state index contributed by atoms with van der Waals surface area (Å²) in [5.41, 5.74) is -1.49. The number of rotatable bonds is 3. The first-order valence-electron chi connectivity index (χ1n) is 10.2. The lowest BCUT2D eigenvalue weighted by molar-refractivity contribution is -0.141. The molecule has 1 amide bonds. The van der Waals surface area contributed by atoms with Gasteiger partial charge in [-0.25, -0.2) is 9.97 Å². The molecule has 3 aromatic heterocycles. The number of alkyl halides is 3. The van der Waals surface area contributed by atoms with Gasteiger partial charge in [0.2, 0.25) is 11.7 Å². The Hall–Kier alpha value is -3.60. The Kier molecular flexibility index (Phi) is 4.64. The highest BCUT2D eigenvalue weighted by molar-refractivity contribution is 5.93. The number of aromatic amines is 1. The van der Waals surface area contributed by atoms with E-state index in [1.54, 1.807) is 18.2 Å². The zero-order valence-corrected chi connectivity index (χ0v) is 17.6. The van der Waals surface area contributed by atoms with Gasteiger partial charge in [0.25, 0.3) is 5.91 Å². The Balaban J connectivity index is 1.63. The van der Waals surface area contributed by atoms with Crippen molar-refractivity contribution in [3.63, 3.8) is 0 Å². The van der Waals surface area contributed by atoms with Crippen LogP contribution in [0.15, 0.2) is 45.5 Å². The van der Waals surface area contributed by atoms with Crippen molar-refractivity contribution in [3.05, 3.63) is 71.2 Å². The SMILES string of the molecule is CC(C)(O)c1nc(C(F)(F)F)c(C(=O)N2CCc3[nH]cnc3[C@H]2c2cc3ccccc3o2)o1. The van der Waals surface area contributed by atoms with E-state index in [1.807, 2.05) is 12.1 Å². The quantitative estimate of drug-likeness (QED) is 0.475. The van der Waals surface area contributed by atoms with Crippen LogP contribution in [0.4, 0.5) is 13.2 Å². The normalized spacial score (nSPS) is 16.9. The third kappa shape index (κ3) is 3.58. The molecule has 0 unspecified atom stereocenters. The van der Waals surface area contributed by atoms with Gasteiger partial charge < -0.3 is 23.8 Å². The van der Waals surface area contributed by atoms with Gasteiger partial charge >= 0.3 is 6.18 Å². The van der Waals surface area contributed by atoms with Crippen molar-refractivity contribution in [1.29, 1.82) is 0 Å².